The summed E-state index contributed by atoms with van der Waals surface area (Å²) in [6, 6.07) is 0.253. The molecule has 1 aliphatic rings. The fourth-order valence-corrected chi connectivity index (χ4v) is 2.82. The first-order valence-electron chi connectivity index (χ1n) is 7.29. The molecule has 1 fully saturated rings. The Morgan fingerprint density at radius 3 is 2.65 bits per heavy atom. The average molecular weight is 280 g/mol. The summed E-state index contributed by atoms with van der Waals surface area (Å²) in [5, 5.41) is 3.24. The minimum Gasteiger partial charge on any atom is -0.383 e. The summed E-state index contributed by atoms with van der Waals surface area (Å²) < 4.78 is 1.44. The molecule has 1 heterocycles. The van der Waals surface area contributed by atoms with Crippen LogP contribution in [-0.4, -0.2) is 15.6 Å². The van der Waals surface area contributed by atoms with Crippen LogP contribution in [0.1, 0.15) is 40.0 Å². The molecule has 2 rings (SSSR count). The number of hydrogen-bond donors (Lipinski definition) is 3. The van der Waals surface area contributed by atoms with E-state index in [0.29, 0.717) is 18.2 Å². The van der Waals surface area contributed by atoms with Gasteiger partial charge in [0.25, 0.3) is 5.56 Å². The highest BCUT2D eigenvalue weighted by atomic mass is 16.2. The van der Waals surface area contributed by atoms with Gasteiger partial charge in [-0.05, 0) is 24.7 Å². The molecule has 2 atom stereocenters. The third-order valence-electron chi connectivity index (χ3n) is 3.98. The molecule has 112 valence electrons. The summed E-state index contributed by atoms with van der Waals surface area (Å²) in [5.74, 6) is 1.03. The van der Waals surface area contributed by atoms with Crippen LogP contribution in [0, 0.1) is 11.8 Å². The van der Waals surface area contributed by atoms with E-state index < -0.39 is 11.2 Å². The largest absolute Gasteiger partial charge is 0.383 e. The molecule has 1 aromatic heterocycles. The number of aromatic amines is 1. The molecule has 0 spiro atoms. The van der Waals surface area contributed by atoms with E-state index in [4.69, 9.17) is 5.73 Å². The number of anilines is 2. The molecule has 0 radical (unpaired) electrons. The number of rotatable bonds is 4. The summed E-state index contributed by atoms with van der Waals surface area (Å²) in [6.45, 7) is 6.67. The molecule has 2 unspecified atom stereocenters. The Morgan fingerprint density at radius 2 is 2.10 bits per heavy atom. The molecule has 0 bridgehead atoms. The Labute approximate surface area is 118 Å². The molecule has 0 aromatic carbocycles. The van der Waals surface area contributed by atoms with Gasteiger partial charge in [-0.15, -0.1) is 0 Å². The standard InChI is InChI=1S/C14H24N4O2/c1-8(2)7-18-12(15)11(13(19)17-14(18)20)16-10-6-4-5-9(10)3/h8-10,16H,4-7,15H2,1-3H3,(H,17,19,20). The normalized spacial score (nSPS) is 22.4. The molecule has 1 aliphatic carbocycles. The van der Waals surface area contributed by atoms with Crippen molar-refractivity contribution in [1.82, 2.24) is 9.55 Å². The number of hydrogen-bond acceptors (Lipinski definition) is 4. The van der Waals surface area contributed by atoms with Gasteiger partial charge >= 0.3 is 5.69 Å². The van der Waals surface area contributed by atoms with Gasteiger partial charge in [-0.1, -0.05) is 27.2 Å². The van der Waals surface area contributed by atoms with Crippen molar-refractivity contribution in [2.75, 3.05) is 11.1 Å². The van der Waals surface area contributed by atoms with E-state index in [2.05, 4.69) is 17.2 Å². The van der Waals surface area contributed by atoms with Gasteiger partial charge in [0.15, 0.2) is 0 Å². The molecule has 1 saturated carbocycles. The molecular weight excluding hydrogens is 256 g/mol. The van der Waals surface area contributed by atoms with Crippen LogP contribution in [0.25, 0.3) is 0 Å². The van der Waals surface area contributed by atoms with Gasteiger partial charge in [-0.3, -0.25) is 14.3 Å². The number of H-pyrrole nitrogens is 1. The molecule has 0 amide bonds. The lowest BCUT2D eigenvalue weighted by molar-refractivity contribution is 0.506. The average Bonchev–Trinajstić information content (AvgIpc) is 2.75. The predicted octanol–water partition coefficient (Wildman–Crippen LogP) is 1.38. The molecule has 0 saturated heterocycles. The van der Waals surface area contributed by atoms with Gasteiger partial charge < -0.3 is 11.1 Å². The summed E-state index contributed by atoms with van der Waals surface area (Å²) in [4.78, 5) is 26.2. The number of nitrogens with two attached hydrogens (primary N) is 1. The summed E-state index contributed by atoms with van der Waals surface area (Å²) in [7, 11) is 0. The van der Waals surface area contributed by atoms with Crippen LogP contribution in [0.5, 0.6) is 0 Å². The van der Waals surface area contributed by atoms with Gasteiger partial charge in [-0.2, -0.15) is 0 Å². The van der Waals surface area contributed by atoms with Gasteiger partial charge in [0.05, 0.1) is 0 Å². The molecule has 4 N–H and O–H groups in total. The first-order chi connectivity index (χ1) is 9.40. The highest BCUT2D eigenvalue weighted by Gasteiger charge is 2.25. The number of aromatic nitrogens is 2. The fourth-order valence-electron chi connectivity index (χ4n) is 2.82. The van der Waals surface area contributed by atoms with Crippen LogP contribution in [-0.2, 0) is 6.54 Å². The second kappa shape index (κ2) is 5.73. The maximum atomic E-state index is 12.0. The number of nitrogens with one attached hydrogen (secondary N) is 2. The zero-order chi connectivity index (χ0) is 14.9. The zero-order valence-electron chi connectivity index (χ0n) is 12.4. The molecule has 6 nitrogen and oxygen atoms in total. The van der Waals surface area contributed by atoms with Crippen molar-refractivity contribution in [3.8, 4) is 0 Å². The summed E-state index contributed by atoms with van der Waals surface area (Å²) in [6.07, 6.45) is 3.34. The zero-order valence-corrected chi connectivity index (χ0v) is 12.4. The van der Waals surface area contributed by atoms with Crippen LogP contribution >= 0.6 is 0 Å². The third kappa shape index (κ3) is 2.89. The van der Waals surface area contributed by atoms with Gasteiger partial charge in [0.2, 0.25) is 0 Å². The first kappa shape index (κ1) is 14.7. The Hall–Kier alpha value is -1.72. The minimum absolute atomic E-state index is 0.242. The SMILES string of the molecule is CC(C)Cn1c(N)c(NC2CCCC2C)c(=O)[nH]c1=O. The van der Waals surface area contributed by atoms with Crippen molar-refractivity contribution in [2.45, 2.75) is 52.6 Å². The number of nitrogen functional groups attached to an aromatic ring is 1. The van der Waals surface area contributed by atoms with Crippen molar-refractivity contribution in [3.05, 3.63) is 20.8 Å². The lowest BCUT2D eigenvalue weighted by Gasteiger charge is -2.21. The third-order valence-corrected chi connectivity index (χ3v) is 3.98. The monoisotopic (exact) mass is 280 g/mol. The fraction of sp³-hybridized carbons (Fsp3) is 0.714. The maximum Gasteiger partial charge on any atom is 0.330 e. The highest BCUT2D eigenvalue weighted by molar-refractivity contribution is 5.61. The Balaban J connectivity index is 2.37. The highest BCUT2D eigenvalue weighted by Crippen LogP contribution is 2.28. The topological polar surface area (TPSA) is 92.9 Å². The minimum atomic E-state index is -0.439. The molecular formula is C14H24N4O2. The van der Waals surface area contributed by atoms with Gasteiger partial charge in [0.1, 0.15) is 11.5 Å². The van der Waals surface area contributed by atoms with Crippen molar-refractivity contribution in [1.29, 1.82) is 0 Å². The van der Waals surface area contributed by atoms with E-state index in [0.717, 1.165) is 19.3 Å². The van der Waals surface area contributed by atoms with Gasteiger partial charge in [-0.25, -0.2) is 4.79 Å². The van der Waals surface area contributed by atoms with Gasteiger partial charge in [0, 0.05) is 12.6 Å². The predicted molar refractivity (Wildman–Crippen MR) is 81.0 cm³/mol. The Morgan fingerprint density at radius 1 is 1.40 bits per heavy atom. The van der Waals surface area contributed by atoms with E-state index in [1.807, 2.05) is 13.8 Å². The van der Waals surface area contributed by atoms with Crippen LogP contribution in [0.2, 0.25) is 0 Å². The Kier molecular flexibility index (Phi) is 4.20. The van der Waals surface area contributed by atoms with Crippen LogP contribution in [0.4, 0.5) is 11.5 Å². The maximum absolute atomic E-state index is 12.0. The lowest BCUT2D eigenvalue weighted by Crippen LogP contribution is -2.37. The smallest absolute Gasteiger partial charge is 0.330 e. The molecule has 1 aromatic rings. The van der Waals surface area contributed by atoms with E-state index in [-0.39, 0.29) is 17.8 Å². The lowest BCUT2D eigenvalue weighted by atomic mass is 10.1. The van der Waals surface area contributed by atoms with Crippen molar-refractivity contribution in [2.24, 2.45) is 11.8 Å². The molecule has 0 aliphatic heterocycles. The van der Waals surface area contributed by atoms with Crippen LogP contribution < -0.4 is 22.3 Å². The summed E-state index contributed by atoms with van der Waals surface area (Å²) >= 11 is 0. The van der Waals surface area contributed by atoms with Crippen molar-refractivity contribution < 1.29 is 0 Å². The van der Waals surface area contributed by atoms with Crippen LogP contribution in [0.3, 0.4) is 0 Å². The second-order valence-corrected chi connectivity index (χ2v) is 6.18. The van der Waals surface area contributed by atoms with Crippen LogP contribution in [0.15, 0.2) is 9.59 Å². The van der Waals surface area contributed by atoms with E-state index in [1.54, 1.807) is 0 Å². The van der Waals surface area contributed by atoms with Crippen molar-refractivity contribution >= 4 is 11.5 Å². The second-order valence-electron chi connectivity index (χ2n) is 6.18. The van der Waals surface area contributed by atoms with Crippen molar-refractivity contribution in [3.63, 3.8) is 0 Å². The number of nitrogens with zero attached hydrogens (tertiary/aromatic N) is 1. The van der Waals surface area contributed by atoms with E-state index >= 15 is 0 Å². The summed E-state index contributed by atoms with van der Waals surface area (Å²) in [5.41, 5.74) is 5.51. The van der Waals surface area contributed by atoms with E-state index in [9.17, 15) is 9.59 Å². The molecule has 6 heteroatoms. The quantitative estimate of drug-likeness (QED) is 0.776. The first-order valence-corrected chi connectivity index (χ1v) is 7.29. The van der Waals surface area contributed by atoms with E-state index in [1.165, 1.54) is 4.57 Å². The Bertz CT molecular complexity index is 588. The molecule has 20 heavy (non-hydrogen) atoms.